The Bertz CT molecular complexity index is 1190. The van der Waals surface area contributed by atoms with Crippen LogP contribution in [0, 0.1) is 20.8 Å². The highest BCUT2D eigenvalue weighted by Gasteiger charge is 2.27. The highest BCUT2D eigenvalue weighted by atomic mass is 32.2. The second-order valence-electron chi connectivity index (χ2n) is 7.60. The lowest BCUT2D eigenvalue weighted by molar-refractivity contribution is -0.114. The van der Waals surface area contributed by atoms with Gasteiger partial charge in [-0.2, -0.15) is 0 Å². The van der Waals surface area contributed by atoms with E-state index < -0.39 is 15.9 Å². The Labute approximate surface area is 189 Å². The van der Waals surface area contributed by atoms with Crippen molar-refractivity contribution in [1.82, 2.24) is 0 Å². The molecule has 1 N–H and O–H groups in total. The molecule has 0 saturated heterocycles. The second-order valence-corrected chi connectivity index (χ2v) is 9.46. The molecule has 0 unspecified atom stereocenters. The van der Waals surface area contributed by atoms with Gasteiger partial charge in [-0.1, -0.05) is 23.8 Å². The van der Waals surface area contributed by atoms with Crippen LogP contribution in [0.5, 0.6) is 5.75 Å². The molecule has 0 aliphatic heterocycles. The first-order chi connectivity index (χ1) is 15.2. The third kappa shape index (κ3) is 5.48. The van der Waals surface area contributed by atoms with Gasteiger partial charge < -0.3 is 10.1 Å². The molecule has 7 heteroatoms. The standard InChI is InChI=1S/C25H28N2O4S/c1-5-31-23-12-10-22(11-13-23)27(32(29,30)24-14-6-18(2)7-15-24)17-25(28)26-21-9-8-19(3)20(4)16-21/h6-16H,5,17H2,1-4H3,(H,26,28). The van der Waals surface area contributed by atoms with E-state index in [-0.39, 0.29) is 11.4 Å². The minimum absolute atomic E-state index is 0.121. The maximum absolute atomic E-state index is 13.5. The number of carbonyl (C=O) groups is 1. The van der Waals surface area contributed by atoms with Gasteiger partial charge >= 0.3 is 0 Å². The summed E-state index contributed by atoms with van der Waals surface area (Å²) in [5.74, 6) is 0.196. The zero-order chi connectivity index (χ0) is 23.3. The van der Waals surface area contributed by atoms with Crippen molar-refractivity contribution in [2.75, 3.05) is 22.8 Å². The molecule has 0 aromatic heterocycles. The maximum atomic E-state index is 13.5. The number of aryl methyl sites for hydroxylation is 3. The smallest absolute Gasteiger partial charge is 0.264 e. The fraction of sp³-hybridized carbons (Fsp3) is 0.240. The molecule has 1 amide bonds. The molecule has 0 atom stereocenters. The summed E-state index contributed by atoms with van der Waals surface area (Å²) in [7, 11) is -3.97. The highest BCUT2D eigenvalue weighted by Crippen LogP contribution is 2.26. The van der Waals surface area contributed by atoms with Gasteiger partial charge in [0.15, 0.2) is 0 Å². The molecule has 3 aromatic carbocycles. The minimum Gasteiger partial charge on any atom is -0.494 e. The lowest BCUT2D eigenvalue weighted by atomic mass is 10.1. The predicted octanol–water partition coefficient (Wildman–Crippen LogP) is 4.84. The Kier molecular flexibility index (Phi) is 7.20. The summed E-state index contributed by atoms with van der Waals surface area (Å²) in [4.78, 5) is 13.0. The average molecular weight is 453 g/mol. The van der Waals surface area contributed by atoms with Crippen molar-refractivity contribution in [3.05, 3.63) is 83.4 Å². The number of hydrogen-bond donors (Lipinski definition) is 1. The molecule has 0 aliphatic rings. The summed E-state index contributed by atoms with van der Waals surface area (Å²) in [6, 6.07) is 18.8. The number of sulfonamides is 1. The molecule has 0 bridgehead atoms. The quantitative estimate of drug-likeness (QED) is 0.530. The van der Waals surface area contributed by atoms with E-state index in [2.05, 4.69) is 5.32 Å². The summed E-state index contributed by atoms with van der Waals surface area (Å²) < 4.78 is 33.5. The third-order valence-electron chi connectivity index (χ3n) is 5.12. The molecule has 6 nitrogen and oxygen atoms in total. The van der Waals surface area contributed by atoms with Crippen LogP contribution in [-0.4, -0.2) is 27.5 Å². The van der Waals surface area contributed by atoms with Gasteiger partial charge in [-0.05, 0) is 87.4 Å². The first kappa shape index (κ1) is 23.3. The van der Waals surface area contributed by atoms with Gasteiger partial charge in [-0.15, -0.1) is 0 Å². The topological polar surface area (TPSA) is 75.7 Å². The van der Waals surface area contributed by atoms with Crippen molar-refractivity contribution in [1.29, 1.82) is 0 Å². The summed E-state index contributed by atoms with van der Waals surface area (Å²) in [6.45, 7) is 7.85. The first-order valence-electron chi connectivity index (χ1n) is 10.4. The van der Waals surface area contributed by atoms with E-state index in [4.69, 9.17) is 4.74 Å². The number of hydrogen-bond acceptors (Lipinski definition) is 4. The van der Waals surface area contributed by atoms with E-state index in [0.717, 1.165) is 21.0 Å². The van der Waals surface area contributed by atoms with E-state index in [0.29, 0.717) is 23.7 Å². The summed E-state index contributed by atoms with van der Waals surface area (Å²) in [5.41, 5.74) is 4.10. The Hall–Kier alpha value is -3.32. The van der Waals surface area contributed by atoms with Gasteiger partial charge in [-0.25, -0.2) is 8.42 Å². The number of ether oxygens (including phenoxy) is 1. The number of amides is 1. The van der Waals surface area contributed by atoms with E-state index in [1.807, 2.05) is 39.8 Å². The van der Waals surface area contributed by atoms with E-state index in [1.54, 1.807) is 54.6 Å². The zero-order valence-electron chi connectivity index (χ0n) is 18.8. The van der Waals surface area contributed by atoms with E-state index >= 15 is 0 Å². The molecule has 0 spiro atoms. The van der Waals surface area contributed by atoms with Crippen LogP contribution in [-0.2, 0) is 14.8 Å². The molecule has 3 aromatic rings. The molecular formula is C25H28N2O4S. The van der Waals surface area contributed by atoms with Crippen LogP contribution in [0.2, 0.25) is 0 Å². The Balaban J connectivity index is 1.93. The highest BCUT2D eigenvalue weighted by molar-refractivity contribution is 7.92. The molecule has 0 saturated carbocycles. The van der Waals surface area contributed by atoms with Crippen LogP contribution in [0.25, 0.3) is 0 Å². The van der Waals surface area contributed by atoms with Crippen molar-refractivity contribution in [3.8, 4) is 5.75 Å². The average Bonchev–Trinajstić information content (AvgIpc) is 2.76. The maximum Gasteiger partial charge on any atom is 0.264 e. The molecule has 168 valence electrons. The van der Waals surface area contributed by atoms with Crippen molar-refractivity contribution in [3.63, 3.8) is 0 Å². The van der Waals surface area contributed by atoms with Crippen LogP contribution in [0.15, 0.2) is 71.6 Å². The van der Waals surface area contributed by atoms with Crippen LogP contribution in [0.4, 0.5) is 11.4 Å². The molecule has 0 heterocycles. The van der Waals surface area contributed by atoms with Gasteiger partial charge in [0.05, 0.1) is 17.2 Å². The predicted molar refractivity (Wildman–Crippen MR) is 128 cm³/mol. The molecule has 0 radical (unpaired) electrons. The van der Waals surface area contributed by atoms with E-state index in [1.165, 1.54) is 0 Å². The number of carbonyl (C=O) groups excluding carboxylic acids is 1. The fourth-order valence-corrected chi connectivity index (χ4v) is 4.60. The fourth-order valence-electron chi connectivity index (χ4n) is 3.18. The minimum atomic E-state index is -3.97. The van der Waals surface area contributed by atoms with E-state index in [9.17, 15) is 13.2 Å². The molecule has 0 aliphatic carbocycles. The normalized spacial score (nSPS) is 11.1. The zero-order valence-corrected chi connectivity index (χ0v) is 19.6. The van der Waals surface area contributed by atoms with Gasteiger partial charge in [0.1, 0.15) is 12.3 Å². The Morgan fingerprint density at radius 2 is 1.56 bits per heavy atom. The van der Waals surface area contributed by atoms with Crippen LogP contribution >= 0.6 is 0 Å². The van der Waals surface area contributed by atoms with Crippen molar-refractivity contribution < 1.29 is 17.9 Å². The first-order valence-corrected chi connectivity index (χ1v) is 11.8. The molecule has 0 fully saturated rings. The summed E-state index contributed by atoms with van der Waals surface area (Å²) in [6.07, 6.45) is 0. The Morgan fingerprint density at radius 1 is 0.906 bits per heavy atom. The Morgan fingerprint density at radius 3 is 2.16 bits per heavy atom. The number of anilines is 2. The van der Waals surface area contributed by atoms with Gasteiger partial charge in [0.2, 0.25) is 5.91 Å². The number of rotatable bonds is 8. The third-order valence-corrected chi connectivity index (χ3v) is 6.91. The van der Waals surface area contributed by atoms with Crippen LogP contribution in [0.1, 0.15) is 23.6 Å². The van der Waals surface area contributed by atoms with Crippen molar-refractivity contribution in [2.45, 2.75) is 32.6 Å². The monoisotopic (exact) mass is 452 g/mol. The van der Waals surface area contributed by atoms with Crippen molar-refractivity contribution in [2.24, 2.45) is 0 Å². The van der Waals surface area contributed by atoms with Crippen molar-refractivity contribution >= 4 is 27.3 Å². The molecule has 32 heavy (non-hydrogen) atoms. The number of nitrogens with one attached hydrogen (secondary N) is 1. The van der Waals surface area contributed by atoms with Crippen LogP contribution in [0.3, 0.4) is 0 Å². The number of nitrogens with zero attached hydrogens (tertiary/aromatic N) is 1. The molecule has 3 rings (SSSR count). The molecular weight excluding hydrogens is 424 g/mol. The van der Waals surface area contributed by atoms with Crippen LogP contribution < -0.4 is 14.4 Å². The lowest BCUT2D eigenvalue weighted by Crippen LogP contribution is -2.38. The van der Waals surface area contributed by atoms with Gasteiger partial charge in [0.25, 0.3) is 10.0 Å². The SMILES string of the molecule is CCOc1ccc(N(CC(=O)Nc2ccc(C)c(C)c2)S(=O)(=O)c2ccc(C)cc2)cc1. The lowest BCUT2D eigenvalue weighted by Gasteiger charge is -2.24. The summed E-state index contributed by atoms with van der Waals surface area (Å²) >= 11 is 0. The number of benzene rings is 3. The van der Waals surface area contributed by atoms with Gasteiger partial charge in [-0.3, -0.25) is 9.10 Å². The van der Waals surface area contributed by atoms with Gasteiger partial charge in [0, 0.05) is 5.69 Å². The second kappa shape index (κ2) is 9.87. The summed E-state index contributed by atoms with van der Waals surface area (Å²) in [5, 5.41) is 2.80. The largest absolute Gasteiger partial charge is 0.494 e.